The number of aromatic nitrogens is 1. The van der Waals surface area contributed by atoms with Crippen molar-refractivity contribution in [3.63, 3.8) is 0 Å². The van der Waals surface area contributed by atoms with E-state index >= 15 is 0 Å². The number of hydrogen-bond donors (Lipinski definition) is 1. The molecule has 0 aliphatic rings. The summed E-state index contributed by atoms with van der Waals surface area (Å²) in [6.45, 7) is 8.56. The molecule has 0 amide bonds. The van der Waals surface area contributed by atoms with Crippen LogP contribution in [0.3, 0.4) is 0 Å². The van der Waals surface area contributed by atoms with E-state index in [2.05, 4.69) is 25.8 Å². The Morgan fingerprint density at radius 3 is 2.30 bits per heavy atom. The molecule has 1 atom stereocenters. The molecule has 2 rings (SSSR count). The van der Waals surface area contributed by atoms with Crippen molar-refractivity contribution in [3.05, 3.63) is 59.3 Å². The summed E-state index contributed by atoms with van der Waals surface area (Å²) in [6, 6.07) is 11.7. The summed E-state index contributed by atoms with van der Waals surface area (Å²) in [7, 11) is 0. The van der Waals surface area contributed by atoms with Gasteiger partial charge in [0.1, 0.15) is 6.10 Å². The summed E-state index contributed by atoms with van der Waals surface area (Å²) in [5, 5.41) is 11.4. The first-order valence-electron chi connectivity index (χ1n) is 6.75. The van der Waals surface area contributed by atoms with Crippen LogP contribution in [0.15, 0.2) is 47.6 Å². The summed E-state index contributed by atoms with van der Waals surface area (Å²) >= 11 is 1.75. The van der Waals surface area contributed by atoms with E-state index < -0.39 is 6.10 Å². The second-order valence-electron chi connectivity index (χ2n) is 5.92. The number of nitrogens with zero attached hydrogens (tertiary/aromatic N) is 1. The molecule has 2 nitrogen and oxygen atoms in total. The molecule has 106 valence electrons. The molecule has 0 unspecified atom stereocenters. The molecule has 2 aromatic rings. The van der Waals surface area contributed by atoms with Gasteiger partial charge in [-0.05, 0) is 24.1 Å². The molecule has 0 saturated heterocycles. The quantitative estimate of drug-likeness (QED) is 0.851. The molecule has 1 aromatic heterocycles. The molecule has 0 fully saturated rings. The van der Waals surface area contributed by atoms with E-state index in [1.807, 2.05) is 43.3 Å². The monoisotopic (exact) mass is 287 g/mol. The van der Waals surface area contributed by atoms with Gasteiger partial charge in [0.25, 0.3) is 0 Å². The lowest BCUT2D eigenvalue weighted by Gasteiger charge is -2.19. The van der Waals surface area contributed by atoms with Crippen molar-refractivity contribution in [2.24, 2.45) is 0 Å². The van der Waals surface area contributed by atoms with Gasteiger partial charge < -0.3 is 5.11 Å². The van der Waals surface area contributed by atoms with Gasteiger partial charge in [-0.15, -0.1) is 11.8 Å². The first-order valence-corrected chi connectivity index (χ1v) is 7.57. The predicted octanol–water partition coefficient (Wildman–Crippen LogP) is 4.36. The van der Waals surface area contributed by atoms with Gasteiger partial charge in [-0.25, -0.2) is 4.98 Å². The SMILES string of the molecule is Cc1cc([C@H](O)c2ccccc2)cnc1SC(C)(C)C. The number of aliphatic hydroxyl groups is 1. The summed E-state index contributed by atoms with van der Waals surface area (Å²) in [5.74, 6) is 0. The van der Waals surface area contributed by atoms with Crippen LogP contribution in [-0.2, 0) is 0 Å². The number of thioether (sulfide) groups is 1. The number of pyridine rings is 1. The van der Waals surface area contributed by atoms with E-state index in [1.54, 1.807) is 18.0 Å². The van der Waals surface area contributed by atoms with E-state index in [0.717, 1.165) is 21.7 Å². The highest BCUT2D eigenvalue weighted by molar-refractivity contribution is 8.00. The topological polar surface area (TPSA) is 33.1 Å². The van der Waals surface area contributed by atoms with Crippen molar-refractivity contribution in [1.82, 2.24) is 4.98 Å². The molecule has 0 radical (unpaired) electrons. The maximum Gasteiger partial charge on any atom is 0.106 e. The average Bonchev–Trinajstić information content (AvgIpc) is 2.40. The molecule has 0 aliphatic heterocycles. The number of benzene rings is 1. The van der Waals surface area contributed by atoms with Crippen LogP contribution in [0.5, 0.6) is 0 Å². The van der Waals surface area contributed by atoms with E-state index in [9.17, 15) is 5.11 Å². The molecule has 0 spiro atoms. The second-order valence-corrected chi connectivity index (χ2v) is 7.73. The van der Waals surface area contributed by atoms with Crippen LogP contribution in [0.1, 0.15) is 43.6 Å². The van der Waals surface area contributed by atoms with Crippen molar-refractivity contribution >= 4 is 11.8 Å². The largest absolute Gasteiger partial charge is 0.384 e. The summed E-state index contributed by atoms with van der Waals surface area (Å²) < 4.78 is 0.136. The second kappa shape index (κ2) is 5.98. The fraction of sp³-hybridized carbons (Fsp3) is 0.353. The number of rotatable bonds is 3. The summed E-state index contributed by atoms with van der Waals surface area (Å²) in [4.78, 5) is 4.51. The Morgan fingerprint density at radius 2 is 1.75 bits per heavy atom. The lowest BCUT2D eigenvalue weighted by Crippen LogP contribution is -2.09. The van der Waals surface area contributed by atoms with Gasteiger partial charge in [-0.3, -0.25) is 0 Å². The Morgan fingerprint density at radius 1 is 1.10 bits per heavy atom. The van der Waals surface area contributed by atoms with Gasteiger partial charge in [0.15, 0.2) is 0 Å². The number of hydrogen-bond acceptors (Lipinski definition) is 3. The Bertz CT molecular complexity index is 575. The highest BCUT2D eigenvalue weighted by Gasteiger charge is 2.17. The van der Waals surface area contributed by atoms with Crippen LogP contribution >= 0.6 is 11.8 Å². The van der Waals surface area contributed by atoms with Crippen LogP contribution in [-0.4, -0.2) is 14.8 Å². The van der Waals surface area contributed by atoms with Crippen molar-refractivity contribution in [3.8, 4) is 0 Å². The zero-order chi connectivity index (χ0) is 14.8. The van der Waals surface area contributed by atoms with Crippen LogP contribution in [0.4, 0.5) is 0 Å². The molecule has 0 aliphatic carbocycles. The Balaban J connectivity index is 2.25. The van der Waals surface area contributed by atoms with E-state index in [-0.39, 0.29) is 4.75 Å². The summed E-state index contributed by atoms with van der Waals surface area (Å²) in [6.07, 6.45) is 1.16. The first kappa shape index (κ1) is 15.1. The van der Waals surface area contributed by atoms with Gasteiger partial charge in [0.05, 0.1) is 5.03 Å². The van der Waals surface area contributed by atoms with Gasteiger partial charge in [0.2, 0.25) is 0 Å². The van der Waals surface area contributed by atoms with Crippen molar-refractivity contribution in [1.29, 1.82) is 0 Å². The van der Waals surface area contributed by atoms with E-state index in [4.69, 9.17) is 0 Å². The standard InChI is InChI=1S/C17H21NOS/c1-12-10-14(11-18-16(12)20-17(2,3)4)15(19)13-8-6-5-7-9-13/h5-11,15,19H,1-4H3/t15-/m1/s1. The van der Waals surface area contributed by atoms with Gasteiger partial charge >= 0.3 is 0 Å². The Kier molecular flexibility index (Phi) is 4.51. The zero-order valence-electron chi connectivity index (χ0n) is 12.4. The lowest BCUT2D eigenvalue weighted by atomic mass is 10.0. The van der Waals surface area contributed by atoms with Crippen molar-refractivity contribution in [2.75, 3.05) is 0 Å². The fourth-order valence-electron chi connectivity index (χ4n) is 1.96. The number of aliphatic hydroxyl groups excluding tert-OH is 1. The Labute approximate surface area is 125 Å². The minimum Gasteiger partial charge on any atom is -0.384 e. The molecular formula is C17H21NOS. The van der Waals surface area contributed by atoms with Crippen molar-refractivity contribution < 1.29 is 5.11 Å². The van der Waals surface area contributed by atoms with Crippen LogP contribution in [0.2, 0.25) is 0 Å². The highest BCUT2D eigenvalue weighted by Crippen LogP contribution is 2.33. The van der Waals surface area contributed by atoms with Gasteiger partial charge in [0, 0.05) is 16.5 Å². The van der Waals surface area contributed by atoms with E-state index in [1.165, 1.54) is 0 Å². The van der Waals surface area contributed by atoms with Crippen LogP contribution < -0.4 is 0 Å². The Hall–Kier alpha value is -1.32. The molecule has 20 heavy (non-hydrogen) atoms. The molecule has 0 saturated carbocycles. The first-order chi connectivity index (χ1) is 9.37. The smallest absolute Gasteiger partial charge is 0.106 e. The zero-order valence-corrected chi connectivity index (χ0v) is 13.2. The molecule has 3 heteroatoms. The molecule has 0 bridgehead atoms. The molecule has 1 aromatic carbocycles. The maximum atomic E-state index is 10.4. The van der Waals surface area contributed by atoms with Crippen molar-refractivity contribution in [2.45, 2.75) is 43.6 Å². The van der Waals surface area contributed by atoms with Crippen LogP contribution in [0, 0.1) is 6.92 Å². The molecule has 1 N–H and O–H groups in total. The maximum absolute atomic E-state index is 10.4. The third-order valence-corrected chi connectivity index (χ3v) is 4.12. The molecular weight excluding hydrogens is 266 g/mol. The lowest BCUT2D eigenvalue weighted by molar-refractivity contribution is 0.219. The van der Waals surface area contributed by atoms with Crippen LogP contribution in [0.25, 0.3) is 0 Å². The predicted molar refractivity (Wildman–Crippen MR) is 85.1 cm³/mol. The van der Waals surface area contributed by atoms with Gasteiger partial charge in [-0.2, -0.15) is 0 Å². The number of aryl methyl sites for hydroxylation is 1. The molecule has 1 heterocycles. The third-order valence-electron chi connectivity index (χ3n) is 2.89. The average molecular weight is 287 g/mol. The minimum atomic E-state index is -0.615. The highest BCUT2D eigenvalue weighted by atomic mass is 32.2. The van der Waals surface area contributed by atoms with E-state index in [0.29, 0.717) is 0 Å². The summed E-state index contributed by atoms with van der Waals surface area (Å²) in [5.41, 5.74) is 2.84. The fourth-order valence-corrected chi connectivity index (χ4v) is 2.86. The third kappa shape index (κ3) is 3.84. The minimum absolute atomic E-state index is 0.136. The van der Waals surface area contributed by atoms with Gasteiger partial charge in [-0.1, -0.05) is 51.1 Å². The normalized spacial score (nSPS) is 13.2.